The molecule has 0 fully saturated rings. The molecule has 9 N–H and O–H groups in total. The van der Waals surface area contributed by atoms with Gasteiger partial charge in [-0.3, -0.25) is 19.2 Å². The maximum Gasteiger partial charge on any atom is 0.326 e. The molecule has 0 radical (unpaired) electrons. The standard InChI is InChI=1S/C16H29N5O7S/c1-6(2)12(16(27)28)21-13(24)8(4-10(17)23)19-14(25)9(5-29)20-15(26)11(18)7(3)22/h6-9,11-12,22,29H,4-5,18H2,1-3H3,(H2,17,23)(H,19,25)(H,20,26)(H,21,24)(H,27,28). The minimum absolute atomic E-state index is 0.182. The van der Waals surface area contributed by atoms with Gasteiger partial charge in [-0.25, -0.2) is 4.79 Å². The molecule has 12 nitrogen and oxygen atoms in total. The van der Waals surface area contributed by atoms with Gasteiger partial charge in [-0.2, -0.15) is 12.6 Å². The van der Waals surface area contributed by atoms with Crippen molar-refractivity contribution >= 4 is 42.2 Å². The van der Waals surface area contributed by atoms with E-state index in [2.05, 4.69) is 28.6 Å². The van der Waals surface area contributed by atoms with Crippen molar-refractivity contribution in [2.24, 2.45) is 17.4 Å². The average Bonchev–Trinajstić information content (AvgIpc) is 2.61. The SMILES string of the molecule is CC(C)C(NC(=O)C(CC(N)=O)NC(=O)C(CS)NC(=O)C(N)C(C)O)C(=O)O. The highest BCUT2D eigenvalue weighted by Crippen LogP contribution is 2.04. The number of aliphatic carboxylic acids is 1. The highest BCUT2D eigenvalue weighted by Gasteiger charge is 2.32. The number of carboxylic acids is 1. The van der Waals surface area contributed by atoms with Gasteiger partial charge in [0.05, 0.1) is 12.5 Å². The molecular formula is C16H29N5O7S. The number of nitrogens with one attached hydrogen (secondary N) is 3. The molecule has 0 rings (SSSR count). The fraction of sp³-hybridized carbons (Fsp3) is 0.688. The second kappa shape index (κ2) is 12.2. The maximum atomic E-state index is 12.4. The number of primary amides is 1. The fourth-order valence-electron chi connectivity index (χ4n) is 2.13. The molecule has 0 aromatic carbocycles. The molecule has 0 spiro atoms. The molecule has 0 saturated carbocycles. The van der Waals surface area contributed by atoms with Crippen molar-refractivity contribution in [1.82, 2.24) is 16.0 Å². The summed E-state index contributed by atoms with van der Waals surface area (Å²) in [5.74, 6) is -5.47. The van der Waals surface area contributed by atoms with Gasteiger partial charge in [0.25, 0.3) is 0 Å². The van der Waals surface area contributed by atoms with E-state index in [0.29, 0.717) is 0 Å². The molecule has 4 amide bonds. The van der Waals surface area contributed by atoms with E-state index in [0.717, 1.165) is 0 Å². The number of hydrogen-bond donors (Lipinski definition) is 8. The van der Waals surface area contributed by atoms with Crippen LogP contribution in [0.25, 0.3) is 0 Å². The van der Waals surface area contributed by atoms with E-state index in [9.17, 15) is 34.2 Å². The lowest BCUT2D eigenvalue weighted by Crippen LogP contribution is -2.59. The van der Waals surface area contributed by atoms with Crippen molar-refractivity contribution in [2.75, 3.05) is 5.75 Å². The number of aliphatic hydroxyl groups excluding tert-OH is 1. The zero-order valence-corrected chi connectivity index (χ0v) is 17.3. The highest BCUT2D eigenvalue weighted by molar-refractivity contribution is 7.80. The van der Waals surface area contributed by atoms with Crippen LogP contribution in [-0.4, -0.2) is 75.8 Å². The smallest absolute Gasteiger partial charge is 0.326 e. The maximum absolute atomic E-state index is 12.4. The van der Waals surface area contributed by atoms with Crippen LogP contribution >= 0.6 is 12.6 Å². The zero-order valence-electron chi connectivity index (χ0n) is 16.4. The largest absolute Gasteiger partial charge is 0.480 e. The molecule has 0 bridgehead atoms. The Balaban J connectivity index is 5.30. The van der Waals surface area contributed by atoms with Gasteiger partial charge in [0.1, 0.15) is 24.2 Å². The Morgan fingerprint density at radius 2 is 1.41 bits per heavy atom. The Labute approximate surface area is 173 Å². The molecule has 0 aromatic heterocycles. The van der Waals surface area contributed by atoms with Crippen LogP contribution in [0.2, 0.25) is 0 Å². The Morgan fingerprint density at radius 3 is 1.79 bits per heavy atom. The van der Waals surface area contributed by atoms with Crippen molar-refractivity contribution in [2.45, 2.75) is 57.5 Å². The zero-order chi connectivity index (χ0) is 22.9. The van der Waals surface area contributed by atoms with E-state index >= 15 is 0 Å². The summed E-state index contributed by atoms with van der Waals surface area (Å²) in [6.07, 6.45) is -1.77. The molecule has 0 aromatic rings. The number of aliphatic hydroxyl groups is 1. The lowest BCUT2D eigenvalue weighted by molar-refractivity contribution is -0.143. The summed E-state index contributed by atoms with van der Waals surface area (Å²) in [5.41, 5.74) is 10.6. The Kier molecular flexibility index (Phi) is 11.2. The van der Waals surface area contributed by atoms with Gasteiger partial charge in [-0.15, -0.1) is 0 Å². The summed E-state index contributed by atoms with van der Waals surface area (Å²) >= 11 is 3.95. The lowest BCUT2D eigenvalue weighted by atomic mass is 10.0. The number of rotatable bonds is 12. The topological polar surface area (TPSA) is 214 Å². The van der Waals surface area contributed by atoms with Gasteiger partial charge >= 0.3 is 5.97 Å². The van der Waals surface area contributed by atoms with Gasteiger partial charge < -0.3 is 37.6 Å². The molecular weight excluding hydrogens is 406 g/mol. The monoisotopic (exact) mass is 435 g/mol. The number of nitrogens with two attached hydrogens (primary N) is 2. The number of thiol groups is 1. The third-order valence-electron chi connectivity index (χ3n) is 3.91. The van der Waals surface area contributed by atoms with Crippen LogP contribution in [0.3, 0.4) is 0 Å². The quantitative estimate of drug-likeness (QED) is 0.145. The molecule has 29 heavy (non-hydrogen) atoms. The number of carbonyl (C=O) groups excluding carboxylic acids is 4. The normalized spacial score (nSPS) is 16.1. The molecule has 5 atom stereocenters. The summed E-state index contributed by atoms with van der Waals surface area (Å²) in [6.45, 7) is 4.43. The Hall–Kier alpha value is -2.38. The van der Waals surface area contributed by atoms with E-state index in [1.165, 1.54) is 6.92 Å². The van der Waals surface area contributed by atoms with Crippen molar-refractivity contribution in [1.29, 1.82) is 0 Å². The average molecular weight is 436 g/mol. The van der Waals surface area contributed by atoms with Crippen LogP contribution in [0, 0.1) is 5.92 Å². The minimum atomic E-state index is -1.47. The van der Waals surface area contributed by atoms with Crippen LogP contribution in [0.15, 0.2) is 0 Å². The van der Waals surface area contributed by atoms with Crippen molar-refractivity contribution < 1.29 is 34.2 Å². The second-order valence-corrected chi connectivity index (χ2v) is 7.18. The van der Waals surface area contributed by atoms with E-state index in [1.807, 2.05) is 0 Å². The van der Waals surface area contributed by atoms with Gasteiger partial charge in [0, 0.05) is 5.75 Å². The first-order valence-corrected chi connectivity index (χ1v) is 9.41. The van der Waals surface area contributed by atoms with Crippen molar-refractivity contribution in [3.63, 3.8) is 0 Å². The molecule has 0 aliphatic rings. The number of hydrogen-bond acceptors (Lipinski definition) is 8. The van der Waals surface area contributed by atoms with E-state index in [-0.39, 0.29) is 5.75 Å². The molecule has 166 valence electrons. The fourth-order valence-corrected chi connectivity index (χ4v) is 2.39. The van der Waals surface area contributed by atoms with Crippen LogP contribution in [-0.2, 0) is 24.0 Å². The van der Waals surface area contributed by atoms with Gasteiger partial charge in [0.2, 0.25) is 23.6 Å². The van der Waals surface area contributed by atoms with Crippen molar-refractivity contribution in [3.05, 3.63) is 0 Å². The third-order valence-corrected chi connectivity index (χ3v) is 4.27. The Morgan fingerprint density at radius 1 is 0.931 bits per heavy atom. The minimum Gasteiger partial charge on any atom is -0.480 e. The summed E-state index contributed by atoms with van der Waals surface area (Å²) < 4.78 is 0. The predicted molar refractivity (Wildman–Crippen MR) is 106 cm³/mol. The van der Waals surface area contributed by atoms with Gasteiger partial charge in [0.15, 0.2) is 0 Å². The number of carboxylic acid groups (broad SMARTS) is 1. The molecule has 0 aliphatic heterocycles. The van der Waals surface area contributed by atoms with Crippen LogP contribution in [0.5, 0.6) is 0 Å². The molecule has 5 unspecified atom stereocenters. The lowest BCUT2D eigenvalue weighted by Gasteiger charge is -2.25. The van der Waals surface area contributed by atoms with Crippen LogP contribution in [0.1, 0.15) is 27.2 Å². The number of carbonyl (C=O) groups is 5. The Bertz CT molecular complexity index is 629. The van der Waals surface area contributed by atoms with E-state index in [1.54, 1.807) is 13.8 Å². The van der Waals surface area contributed by atoms with Gasteiger partial charge in [-0.1, -0.05) is 13.8 Å². The molecule has 13 heteroatoms. The van der Waals surface area contributed by atoms with Crippen molar-refractivity contribution in [3.8, 4) is 0 Å². The molecule has 0 aliphatic carbocycles. The highest BCUT2D eigenvalue weighted by atomic mass is 32.1. The van der Waals surface area contributed by atoms with Crippen LogP contribution in [0.4, 0.5) is 0 Å². The number of amides is 4. The predicted octanol–water partition coefficient (Wildman–Crippen LogP) is -3.31. The molecule has 0 heterocycles. The summed E-state index contributed by atoms with van der Waals surface area (Å²) in [5, 5.41) is 25.3. The first-order chi connectivity index (χ1) is 13.3. The van der Waals surface area contributed by atoms with Gasteiger partial charge in [-0.05, 0) is 12.8 Å². The first-order valence-electron chi connectivity index (χ1n) is 8.78. The summed E-state index contributed by atoms with van der Waals surface area (Å²) in [7, 11) is 0. The third kappa shape index (κ3) is 9.11. The second-order valence-electron chi connectivity index (χ2n) is 6.81. The first kappa shape index (κ1) is 26.6. The van der Waals surface area contributed by atoms with E-state index in [4.69, 9.17) is 11.5 Å². The van der Waals surface area contributed by atoms with Crippen LogP contribution < -0.4 is 27.4 Å². The summed E-state index contributed by atoms with van der Waals surface area (Å²) in [6, 6.07) is -5.25. The van der Waals surface area contributed by atoms with E-state index < -0.39 is 72.2 Å². The molecule has 0 saturated heterocycles. The summed E-state index contributed by atoms with van der Waals surface area (Å²) in [4.78, 5) is 59.3.